The van der Waals surface area contributed by atoms with Crippen LogP contribution >= 0.6 is 11.8 Å². The molecule has 1 amide bonds. The van der Waals surface area contributed by atoms with Crippen molar-refractivity contribution < 1.29 is 36.3 Å². The van der Waals surface area contributed by atoms with Gasteiger partial charge in [-0.15, -0.1) is 0 Å². The molecule has 1 aromatic heterocycles. The van der Waals surface area contributed by atoms with E-state index >= 15 is 0 Å². The maximum atomic E-state index is 14.5. The van der Waals surface area contributed by atoms with Crippen LogP contribution in [0.15, 0.2) is 94.7 Å². The molecule has 53 heavy (non-hydrogen) atoms. The fourth-order valence-electron chi connectivity index (χ4n) is 6.30. The molecule has 0 radical (unpaired) electrons. The van der Waals surface area contributed by atoms with Crippen molar-refractivity contribution in [2.24, 2.45) is 0 Å². The molecule has 6 rings (SSSR count). The van der Waals surface area contributed by atoms with Crippen molar-refractivity contribution >= 4 is 28.6 Å². The Labute approximate surface area is 307 Å². The van der Waals surface area contributed by atoms with E-state index in [4.69, 9.17) is 9.57 Å². The van der Waals surface area contributed by atoms with Crippen molar-refractivity contribution in [2.45, 2.75) is 42.4 Å². The van der Waals surface area contributed by atoms with E-state index < -0.39 is 30.0 Å². The van der Waals surface area contributed by atoms with E-state index in [0.29, 0.717) is 30.5 Å². The summed E-state index contributed by atoms with van der Waals surface area (Å²) in [5, 5.41) is 0.477. The number of benzene rings is 3. The molecular weight excluding hydrogens is 714 g/mol. The molecule has 1 aliphatic rings. The summed E-state index contributed by atoms with van der Waals surface area (Å²) in [6.45, 7) is 2.76. The first-order valence-electron chi connectivity index (χ1n) is 17.0. The number of hydrogen-bond acceptors (Lipinski definition) is 6. The summed E-state index contributed by atoms with van der Waals surface area (Å²) in [5.41, 5.74) is 1.53. The van der Waals surface area contributed by atoms with Gasteiger partial charge in [-0.3, -0.25) is 9.59 Å². The Bertz CT molecular complexity index is 2080. The molecule has 276 valence electrons. The Hall–Kier alpha value is -4.90. The molecule has 0 spiro atoms. The van der Waals surface area contributed by atoms with E-state index in [2.05, 4.69) is 17.0 Å². The molecule has 1 fully saturated rings. The molecule has 7 nitrogen and oxygen atoms in total. The zero-order valence-electron chi connectivity index (χ0n) is 28.8. The number of nitrogens with zero attached hydrogens (tertiary/aromatic N) is 3. The fourth-order valence-corrected chi connectivity index (χ4v) is 7.28. The Kier molecular flexibility index (Phi) is 12.0. The van der Waals surface area contributed by atoms with Gasteiger partial charge >= 0.3 is 6.18 Å². The number of amides is 1. The highest BCUT2D eigenvalue weighted by atomic mass is 32.2. The molecule has 2 heterocycles. The number of methoxy groups -OCH3 is 1. The van der Waals surface area contributed by atoms with Gasteiger partial charge in [0.25, 0.3) is 5.91 Å². The first-order chi connectivity index (χ1) is 25.5. The summed E-state index contributed by atoms with van der Waals surface area (Å²) in [6.07, 6.45) is -3.00. The number of pyridine rings is 1. The van der Waals surface area contributed by atoms with Crippen LogP contribution in [0.1, 0.15) is 29.5 Å². The van der Waals surface area contributed by atoms with Gasteiger partial charge in [-0.05, 0) is 59.9 Å². The van der Waals surface area contributed by atoms with Crippen LogP contribution < -0.4 is 10.3 Å². The minimum absolute atomic E-state index is 0.00917. The summed E-state index contributed by atoms with van der Waals surface area (Å²) in [7, 11) is 1.65. The van der Waals surface area contributed by atoms with Crippen molar-refractivity contribution in [2.75, 3.05) is 40.0 Å². The molecule has 0 saturated carbocycles. The zero-order valence-corrected chi connectivity index (χ0v) is 29.6. The van der Waals surface area contributed by atoms with Crippen LogP contribution in [0.2, 0.25) is 0 Å². The van der Waals surface area contributed by atoms with E-state index in [0.717, 1.165) is 60.7 Å². The summed E-state index contributed by atoms with van der Waals surface area (Å²) in [5.74, 6) is -2.28. The summed E-state index contributed by atoms with van der Waals surface area (Å²) in [6, 6.07) is 26.1. The minimum Gasteiger partial charge on any atom is -0.403 e. The number of likely N-dealkylation sites (tertiary alicyclic amines) is 1. The van der Waals surface area contributed by atoms with Crippen molar-refractivity contribution in [1.82, 2.24) is 14.5 Å². The number of ether oxygens (including phenoxy) is 1. The normalized spacial score (nSPS) is 13.9. The van der Waals surface area contributed by atoms with Crippen LogP contribution in [0.3, 0.4) is 0 Å². The number of carbonyl (C=O) groups excluding carboxylic acids is 1. The molecule has 4 aromatic carbocycles. The van der Waals surface area contributed by atoms with Crippen LogP contribution in [-0.4, -0.2) is 66.4 Å². The number of fused-ring (bicyclic) bond motifs is 1. The lowest BCUT2D eigenvalue weighted by Gasteiger charge is -2.38. The lowest BCUT2D eigenvalue weighted by molar-refractivity contribution is -0.140. The number of piperidine rings is 1. The number of rotatable bonds is 13. The lowest BCUT2D eigenvalue weighted by Crippen LogP contribution is -2.49. The average molecular weight is 750 g/mol. The highest BCUT2D eigenvalue weighted by Gasteiger charge is 2.31. The second-order valence-electron chi connectivity index (χ2n) is 12.6. The molecule has 0 N–H and O–H groups in total. The van der Waals surface area contributed by atoms with E-state index in [1.165, 1.54) is 35.1 Å². The minimum atomic E-state index is -4.42. The van der Waals surface area contributed by atoms with Crippen LogP contribution in [0.5, 0.6) is 0 Å². The highest BCUT2D eigenvalue weighted by Crippen LogP contribution is 2.31. The van der Waals surface area contributed by atoms with Crippen LogP contribution in [0.25, 0.3) is 22.0 Å². The number of carbonyl (C=O) groups is 1. The molecule has 13 heteroatoms. The van der Waals surface area contributed by atoms with Gasteiger partial charge < -0.3 is 19.4 Å². The maximum absolute atomic E-state index is 14.5. The van der Waals surface area contributed by atoms with Crippen LogP contribution in [0, 0.1) is 23.8 Å². The standard InChI is InChI=1S/C40H36F5N3O4S/c1-51-22-21-46-19-17-32(18-20-46)47(24-27-9-11-28(12-10-27)29-13-15-31(16-14-29)40(43,44)45)37(50)25-52-48-35-8-3-2-6-33(35)36(49)23-38(48)53-26-30-5-4-7-34(41)39(30)42/h3-5,7-16,23,32H,17-22,24-26H2,1H3. The van der Waals surface area contributed by atoms with Gasteiger partial charge in [0.15, 0.2) is 23.7 Å². The van der Waals surface area contributed by atoms with Crippen LogP contribution in [-0.2, 0) is 28.0 Å². The third kappa shape index (κ3) is 9.19. The number of alkyl halides is 3. The molecule has 0 unspecified atom stereocenters. The van der Waals surface area contributed by atoms with E-state index in [1.54, 1.807) is 24.1 Å². The maximum Gasteiger partial charge on any atom is 0.416 e. The number of halogens is 5. The SMILES string of the molecule is COCCN1CCC(N(Cc2ccc(-c3ccc(C(F)(F)F)cc3)cc2)C(=O)COn2c(SCc3cccc(F)c3F)cc(=O)c3c#cccc32)CC1. The van der Waals surface area contributed by atoms with E-state index in [9.17, 15) is 31.5 Å². The topological polar surface area (TPSA) is 64.0 Å². The smallest absolute Gasteiger partial charge is 0.403 e. The molecule has 5 aromatic rings. The Balaban J connectivity index is 1.23. The van der Waals surface area contributed by atoms with Gasteiger partial charge in [-0.2, -0.15) is 17.9 Å². The van der Waals surface area contributed by atoms with Gasteiger partial charge in [0, 0.05) is 56.7 Å². The molecule has 0 aliphatic carbocycles. The average Bonchev–Trinajstić information content (AvgIpc) is 3.16. The van der Waals surface area contributed by atoms with Crippen molar-refractivity contribution in [3.05, 3.63) is 136 Å². The molecule has 1 saturated heterocycles. The number of hydrogen-bond donors (Lipinski definition) is 0. The van der Waals surface area contributed by atoms with Gasteiger partial charge in [0.2, 0.25) is 0 Å². The van der Waals surface area contributed by atoms with Gasteiger partial charge in [-0.1, -0.05) is 72.4 Å². The van der Waals surface area contributed by atoms with Gasteiger partial charge in [0.1, 0.15) is 10.5 Å². The summed E-state index contributed by atoms with van der Waals surface area (Å²) in [4.78, 5) is 37.4. The van der Waals surface area contributed by atoms with Gasteiger partial charge in [0.05, 0.1) is 17.6 Å². The van der Waals surface area contributed by atoms with Crippen molar-refractivity contribution in [3.63, 3.8) is 0 Å². The quantitative estimate of drug-likeness (QED) is 0.0923. The molecule has 1 aliphatic heterocycles. The monoisotopic (exact) mass is 749 g/mol. The van der Waals surface area contributed by atoms with E-state index in [-0.39, 0.29) is 45.7 Å². The van der Waals surface area contributed by atoms with Crippen molar-refractivity contribution in [1.29, 1.82) is 0 Å². The molecule has 0 atom stereocenters. The zero-order chi connectivity index (χ0) is 37.5. The Morgan fingerprint density at radius 1 is 0.981 bits per heavy atom. The largest absolute Gasteiger partial charge is 0.416 e. The van der Waals surface area contributed by atoms with Crippen LogP contribution in [0.4, 0.5) is 22.0 Å². The summed E-state index contributed by atoms with van der Waals surface area (Å²) >= 11 is 1.06. The Morgan fingerprint density at radius 3 is 2.36 bits per heavy atom. The van der Waals surface area contributed by atoms with Gasteiger partial charge in [-0.25, -0.2) is 8.78 Å². The Morgan fingerprint density at radius 2 is 1.68 bits per heavy atom. The van der Waals surface area contributed by atoms with E-state index in [1.807, 2.05) is 24.3 Å². The number of thioether (sulfide) groups is 1. The third-order valence-corrected chi connectivity index (χ3v) is 10.2. The fraction of sp³-hybridized carbons (Fsp3) is 0.300. The highest BCUT2D eigenvalue weighted by molar-refractivity contribution is 7.98. The third-order valence-electron chi connectivity index (χ3n) is 9.20. The first-order valence-corrected chi connectivity index (χ1v) is 17.9. The molecule has 0 bridgehead atoms. The predicted octanol–water partition coefficient (Wildman–Crippen LogP) is 7.43. The first kappa shape index (κ1) is 37.8. The predicted molar refractivity (Wildman–Crippen MR) is 192 cm³/mol. The lowest BCUT2D eigenvalue weighted by atomic mass is 10.00. The van der Waals surface area contributed by atoms with Crippen molar-refractivity contribution in [3.8, 4) is 11.1 Å². The summed E-state index contributed by atoms with van der Waals surface area (Å²) < 4.78 is 74.2. The second kappa shape index (κ2) is 16.8. The molecular formula is C40H36F5N3O4S. The number of aromatic nitrogens is 1. The second-order valence-corrected chi connectivity index (χ2v) is 13.6.